The van der Waals surface area contributed by atoms with Crippen molar-refractivity contribution < 1.29 is 14.3 Å². The predicted molar refractivity (Wildman–Crippen MR) is 111 cm³/mol. The Morgan fingerprint density at radius 1 is 1.25 bits per heavy atom. The largest absolute Gasteiger partial charge is 0.465 e. The zero-order valence-electron chi connectivity index (χ0n) is 16.2. The van der Waals surface area contributed by atoms with Crippen LogP contribution in [0.2, 0.25) is 0 Å². The van der Waals surface area contributed by atoms with Crippen LogP contribution in [0.3, 0.4) is 0 Å². The van der Waals surface area contributed by atoms with Crippen LogP contribution >= 0.6 is 11.9 Å². The third kappa shape index (κ3) is 3.95. The SMILES string of the molecule is COC(=O)c1ccc(SNc2cc(C)cnc2N2CC3(CCOCC3)C2)cc1. The summed E-state index contributed by atoms with van der Waals surface area (Å²) in [7, 11) is 1.39. The first-order valence-corrected chi connectivity index (χ1v) is 10.3. The van der Waals surface area contributed by atoms with Crippen molar-refractivity contribution >= 4 is 29.4 Å². The summed E-state index contributed by atoms with van der Waals surface area (Å²) in [6, 6.07) is 9.50. The quantitative estimate of drug-likeness (QED) is 0.604. The molecule has 0 saturated carbocycles. The molecular weight excluding hydrogens is 374 g/mol. The highest BCUT2D eigenvalue weighted by atomic mass is 32.2. The zero-order valence-corrected chi connectivity index (χ0v) is 17.1. The van der Waals surface area contributed by atoms with Gasteiger partial charge in [-0.05, 0) is 67.6 Å². The lowest BCUT2D eigenvalue weighted by Gasteiger charge is -2.53. The fourth-order valence-electron chi connectivity index (χ4n) is 3.81. The van der Waals surface area contributed by atoms with Crippen molar-refractivity contribution in [3.8, 4) is 0 Å². The molecule has 0 aliphatic carbocycles. The lowest BCUT2D eigenvalue weighted by atomic mass is 9.73. The van der Waals surface area contributed by atoms with E-state index in [0.717, 1.165) is 61.1 Å². The van der Waals surface area contributed by atoms with Crippen molar-refractivity contribution in [1.82, 2.24) is 4.98 Å². The van der Waals surface area contributed by atoms with E-state index in [4.69, 9.17) is 14.5 Å². The van der Waals surface area contributed by atoms with Crippen molar-refractivity contribution in [3.63, 3.8) is 0 Å². The highest BCUT2D eigenvalue weighted by Gasteiger charge is 2.44. The van der Waals surface area contributed by atoms with E-state index in [1.54, 1.807) is 12.1 Å². The molecule has 148 valence electrons. The second kappa shape index (κ2) is 8.01. The molecule has 1 spiro atoms. The Bertz CT molecular complexity index is 842. The Balaban J connectivity index is 1.43. The topological polar surface area (TPSA) is 63.7 Å². The Kier molecular flexibility index (Phi) is 5.46. The van der Waals surface area contributed by atoms with Gasteiger partial charge in [0.2, 0.25) is 0 Å². The second-order valence-corrected chi connectivity index (χ2v) is 8.45. The Hall–Kier alpha value is -2.25. The van der Waals surface area contributed by atoms with Crippen LogP contribution in [-0.2, 0) is 9.47 Å². The number of methoxy groups -OCH3 is 1. The lowest BCUT2D eigenvalue weighted by Crippen LogP contribution is -2.59. The number of benzene rings is 1. The number of ether oxygens (including phenoxy) is 2. The van der Waals surface area contributed by atoms with Gasteiger partial charge in [0.25, 0.3) is 0 Å². The van der Waals surface area contributed by atoms with E-state index in [9.17, 15) is 4.79 Å². The van der Waals surface area contributed by atoms with Crippen LogP contribution in [-0.4, -0.2) is 44.4 Å². The molecule has 6 nitrogen and oxygen atoms in total. The molecular formula is C21H25N3O3S. The molecule has 0 amide bonds. The fourth-order valence-corrected chi connectivity index (χ4v) is 4.46. The number of nitrogens with zero attached hydrogens (tertiary/aromatic N) is 2. The fraction of sp³-hybridized carbons (Fsp3) is 0.429. The number of pyridine rings is 1. The molecule has 0 atom stereocenters. The maximum absolute atomic E-state index is 11.6. The molecule has 1 aromatic carbocycles. The van der Waals surface area contributed by atoms with Gasteiger partial charge >= 0.3 is 5.97 Å². The normalized spacial score (nSPS) is 17.9. The van der Waals surface area contributed by atoms with Gasteiger partial charge in [-0.15, -0.1) is 0 Å². The average Bonchev–Trinajstić information content (AvgIpc) is 2.71. The van der Waals surface area contributed by atoms with Gasteiger partial charge in [-0.25, -0.2) is 9.78 Å². The highest BCUT2D eigenvalue weighted by molar-refractivity contribution is 8.00. The molecule has 2 aromatic rings. The van der Waals surface area contributed by atoms with E-state index in [1.165, 1.54) is 19.1 Å². The van der Waals surface area contributed by atoms with E-state index in [2.05, 4.69) is 15.7 Å². The van der Waals surface area contributed by atoms with Gasteiger partial charge in [-0.1, -0.05) is 0 Å². The third-order valence-electron chi connectivity index (χ3n) is 5.46. The Morgan fingerprint density at radius 2 is 1.96 bits per heavy atom. The number of rotatable bonds is 5. The van der Waals surface area contributed by atoms with Crippen LogP contribution in [0.15, 0.2) is 41.4 Å². The number of esters is 1. The van der Waals surface area contributed by atoms with Gasteiger partial charge in [0.15, 0.2) is 5.82 Å². The molecule has 2 fully saturated rings. The molecule has 0 bridgehead atoms. The minimum Gasteiger partial charge on any atom is -0.465 e. The summed E-state index contributed by atoms with van der Waals surface area (Å²) < 4.78 is 13.7. The summed E-state index contributed by atoms with van der Waals surface area (Å²) in [4.78, 5) is 19.6. The first-order chi connectivity index (χ1) is 13.6. The monoisotopic (exact) mass is 399 g/mol. The number of anilines is 2. The predicted octanol–water partition coefficient (Wildman–Crippen LogP) is 3.91. The third-order valence-corrected chi connectivity index (χ3v) is 6.29. The van der Waals surface area contributed by atoms with Gasteiger partial charge in [0, 0.05) is 42.8 Å². The van der Waals surface area contributed by atoms with E-state index in [1.807, 2.05) is 25.3 Å². The second-order valence-electron chi connectivity index (χ2n) is 7.57. The van der Waals surface area contributed by atoms with Crippen LogP contribution in [0.5, 0.6) is 0 Å². The summed E-state index contributed by atoms with van der Waals surface area (Å²) in [6.07, 6.45) is 4.20. The molecule has 1 N–H and O–H groups in total. The molecule has 1 aromatic heterocycles. The molecule has 7 heteroatoms. The summed E-state index contributed by atoms with van der Waals surface area (Å²) in [5.74, 6) is 0.677. The van der Waals surface area contributed by atoms with Crippen LogP contribution in [0.1, 0.15) is 28.8 Å². The molecule has 28 heavy (non-hydrogen) atoms. The van der Waals surface area contributed by atoms with Gasteiger partial charge in [-0.3, -0.25) is 0 Å². The summed E-state index contributed by atoms with van der Waals surface area (Å²) >= 11 is 1.51. The molecule has 4 rings (SSSR count). The number of aryl methyl sites for hydroxylation is 1. The first-order valence-electron chi connectivity index (χ1n) is 9.49. The first kappa shape index (κ1) is 19.1. The van der Waals surface area contributed by atoms with Gasteiger partial charge in [0.05, 0.1) is 18.4 Å². The van der Waals surface area contributed by atoms with Crippen molar-refractivity contribution in [2.24, 2.45) is 5.41 Å². The Morgan fingerprint density at radius 3 is 2.64 bits per heavy atom. The van der Waals surface area contributed by atoms with Crippen molar-refractivity contribution in [1.29, 1.82) is 0 Å². The van der Waals surface area contributed by atoms with Gasteiger partial charge < -0.3 is 19.1 Å². The summed E-state index contributed by atoms with van der Waals surface area (Å²) in [5.41, 5.74) is 3.09. The Labute approximate surface area is 169 Å². The van der Waals surface area contributed by atoms with E-state index >= 15 is 0 Å². The molecule has 2 aliphatic heterocycles. The molecule has 2 aliphatic rings. The van der Waals surface area contributed by atoms with E-state index in [0.29, 0.717) is 11.0 Å². The van der Waals surface area contributed by atoms with Crippen molar-refractivity contribution in [3.05, 3.63) is 47.7 Å². The number of nitrogens with one attached hydrogen (secondary N) is 1. The maximum atomic E-state index is 11.6. The van der Waals surface area contributed by atoms with E-state index in [-0.39, 0.29) is 5.97 Å². The molecule has 3 heterocycles. The maximum Gasteiger partial charge on any atom is 0.337 e. The minimum absolute atomic E-state index is 0.325. The van der Waals surface area contributed by atoms with Crippen LogP contribution < -0.4 is 9.62 Å². The standard InChI is InChI=1S/C21H25N3O3S/c1-15-11-18(23-28-17-5-3-16(4-6-17)20(25)26-2)19(22-12-15)24-13-21(14-24)7-9-27-10-8-21/h3-6,11-12,23H,7-10,13-14H2,1-2H3. The van der Waals surface area contributed by atoms with Crippen LogP contribution in [0.4, 0.5) is 11.5 Å². The summed E-state index contributed by atoms with van der Waals surface area (Å²) in [6.45, 7) is 5.88. The molecule has 2 saturated heterocycles. The van der Waals surface area contributed by atoms with Crippen LogP contribution in [0.25, 0.3) is 0 Å². The smallest absolute Gasteiger partial charge is 0.337 e. The summed E-state index contributed by atoms with van der Waals surface area (Å²) in [5, 5.41) is 0. The highest BCUT2D eigenvalue weighted by Crippen LogP contribution is 2.43. The molecule has 0 unspecified atom stereocenters. The number of carbonyl (C=O) groups excluding carboxylic acids is 1. The van der Waals surface area contributed by atoms with Crippen molar-refractivity contribution in [2.75, 3.05) is 43.0 Å². The minimum atomic E-state index is -0.325. The zero-order chi connectivity index (χ0) is 19.6. The van der Waals surface area contributed by atoms with E-state index < -0.39 is 0 Å². The molecule has 0 radical (unpaired) electrons. The number of hydrogen-bond donors (Lipinski definition) is 1. The lowest BCUT2D eigenvalue weighted by molar-refractivity contribution is -0.000403. The van der Waals surface area contributed by atoms with Gasteiger partial charge in [0.1, 0.15) is 0 Å². The van der Waals surface area contributed by atoms with Crippen molar-refractivity contribution in [2.45, 2.75) is 24.7 Å². The number of aromatic nitrogens is 1. The van der Waals surface area contributed by atoms with Gasteiger partial charge in [-0.2, -0.15) is 0 Å². The average molecular weight is 400 g/mol. The number of hydrogen-bond acceptors (Lipinski definition) is 7. The van der Waals surface area contributed by atoms with Crippen LogP contribution in [0, 0.1) is 12.3 Å². The number of carbonyl (C=O) groups is 1.